The van der Waals surface area contributed by atoms with Crippen LogP contribution in [0.15, 0.2) is 48.7 Å². The number of piperidine rings is 1. The van der Waals surface area contributed by atoms with Crippen molar-refractivity contribution in [1.29, 1.82) is 0 Å². The predicted octanol–water partition coefficient (Wildman–Crippen LogP) is 3.86. The molecule has 1 aliphatic rings. The highest BCUT2D eigenvalue weighted by molar-refractivity contribution is 5.76. The van der Waals surface area contributed by atoms with Crippen molar-refractivity contribution in [3.8, 4) is 5.75 Å². The number of nitrogens with zero attached hydrogens (tertiary/aromatic N) is 1. The zero-order valence-electron chi connectivity index (χ0n) is 16.9. The molecule has 150 valence electrons. The Bertz CT molecular complexity index is 745. The number of pyridine rings is 1. The second-order valence-electron chi connectivity index (χ2n) is 7.76. The number of rotatable bonds is 8. The Balaban J connectivity index is 1.50. The summed E-state index contributed by atoms with van der Waals surface area (Å²) in [5, 5.41) is 6.58. The summed E-state index contributed by atoms with van der Waals surface area (Å²) in [7, 11) is 0. The molecule has 5 nitrogen and oxygen atoms in total. The highest BCUT2D eigenvalue weighted by Crippen LogP contribution is 2.24. The lowest BCUT2D eigenvalue weighted by atomic mass is 9.85. The van der Waals surface area contributed by atoms with Crippen molar-refractivity contribution < 1.29 is 9.53 Å². The summed E-state index contributed by atoms with van der Waals surface area (Å²) in [6.07, 6.45) is 4.76. The topological polar surface area (TPSA) is 63.2 Å². The summed E-state index contributed by atoms with van der Waals surface area (Å²) in [5.74, 6) is 1.89. The van der Waals surface area contributed by atoms with Crippen molar-refractivity contribution >= 4 is 5.91 Å². The van der Waals surface area contributed by atoms with Crippen molar-refractivity contribution in [3.05, 3.63) is 59.9 Å². The third kappa shape index (κ3) is 6.06. The van der Waals surface area contributed by atoms with E-state index in [0.717, 1.165) is 30.1 Å². The van der Waals surface area contributed by atoms with Crippen molar-refractivity contribution in [2.75, 3.05) is 13.1 Å². The van der Waals surface area contributed by atoms with Crippen molar-refractivity contribution in [2.45, 2.75) is 45.8 Å². The Morgan fingerprint density at radius 2 is 2.18 bits per heavy atom. The Morgan fingerprint density at radius 3 is 2.93 bits per heavy atom. The van der Waals surface area contributed by atoms with Gasteiger partial charge in [0.25, 0.3) is 0 Å². The number of carbonyl (C=O) groups excluding carboxylic acids is 1. The van der Waals surface area contributed by atoms with Crippen LogP contribution in [0.25, 0.3) is 0 Å². The quantitative estimate of drug-likeness (QED) is 0.729. The van der Waals surface area contributed by atoms with E-state index < -0.39 is 0 Å². The Labute approximate surface area is 167 Å². The van der Waals surface area contributed by atoms with Gasteiger partial charge in [0.2, 0.25) is 5.91 Å². The molecule has 1 saturated heterocycles. The van der Waals surface area contributed by atoms with Gasteiger partial charge in [-0.05, 0) is 74.5 Å². The molecule has 1 aromatic carbocycles. The van der Waals surface area contributed by atoms with Crippen LogP contribution in [0, 0.1) is 11.8 Å². The van der Waals surface area contributed by atoms with E-state index in [0.29, 0.717) is 24.9 Å². The summed E-state index contributed by atoms with van der Waals surface area (Å²) >= 11 is 0. The third-order valence-electron chi connectivity index (χ3n) is 5.50. The SMILES string of the molecule is CC(NC(=O)CC(C)C1CCCNC1)c1cccc(OCc2ccccn2)c1. The summed E-state index contributed by atoms with van der Waals surface area (Å²) < 4.78 is 5.85. The fraction of sp³-hybridized carbons (Fsp3) is 0.478. The molecule has 2 aromatic rings. The van der Waals surface area contributed by atoms with Gasteiger partial charge in [0.05, 0.1) is 11.7 Å². The summed E-state index contributed by atoms with van der Waals surface area (Å²) in [5.41, 5.74) is 1.93. The predicted molar refractivity (Wildman–Crippen MR) is 111 cm³/mol. The van der Waals surface area contributed by atoms with E-state index in [1.807, 2.05) is 49.4 Å². The molecule has 0 aliphatic carbocycles. The van der Waals surface area contributed by atoms with Crippen LogP contribution in [0.4, 0.5) is 0 Å². The van der Waals surface area contributed by atoms with Gasteiger partial charge in [-0.1, -0.05) is 25.1 Å². The molecule has 2 N–H and O–H groups in total. The molecular weight excluding hydrogens is 350 g/mol. The van der Waals surface area contributed by atoms with Gasteiger partial charge in [-0.3, -0.25) is 9.78 Å². The molecular formula is C23H31N3O2. The molecule has 3 atom stereocenters. The molecule has 2 heterocycles. The molecule has 0 spiro atoms. The number of benzene rings is 1. The molecule has 1 amide bonds. The largest absolute Gasteiger partial charge is 0.487 e. The van der Waals surface area contributed by atoms with Gasteiger partial charge in [0.1, 0.15) is 12.4 Å². The summed E-state index contributed by atoms with van der Waals surface area (Å²) in [6.45, 7) is 6.76. The molecule has 3 unspecified atom stereocenters. The first-order valence-corrected chi connectivity index (χ1v) is 10.2. The van der Waals surface area contributed by atoms with Gasteiger partial charge in [0.15, 0.2) is 0 Å². The molecule has 1 aliphatic heterocycles. The summed E-state index contributed by atoms with van der Waals surface area (Å²) in [4.78, 5) is 16.8. The average molecular weight is 382 g/mol. The van der Waals surface area contributed by atoms with Crippen LogP contribution >= 0.6 is 0 Å². The number of hydrogen-bond donors (Lipinski definition) is 2. The van der Waals surface area contributed by atoms with Crippen LogP contribution in [0.3, 0.4) is 0 Å². The minimum absolute atomic E-state index is 0.0532. The number of aromatic nitrogens is 1. The van der Waals surface area contributed by atoms with Crippen LogP contribution < -0.4 is 15.4 Å². The lowest BCUT2D eigenvalue weighted by Crippen LogP contribution is -2.36. The molecule has 0 bridgehead atoms. The first kappa shape index (κ1) is 20.3. The van der Waals surface area contributed by atoms with Crippen molar-refractivity contribution in [1.82, 2.24) is 15.6 Å². The lowest BCUT2D eigenvalue weighted by Gasteiger charge is -2.28. The van der Waals surface area contributed by atoms with E-state index in [9.17, 15) is 4.79 Å². The van der Waals surface area contributed by atoms with Crippen LogP contribution in [0.2, 0.25) is 0 Å². The lowest BCUT2D eigenvalue weighted by molar-refractivity contribution is -0.123. The number of ether oxygens (including phenoxy) is 1. The van der Waals surface area contributed by atoms with E-state index in [1.54, 1.807) is 6.20 Å². The fourth-order valence-electron chi connectivity index (χ4n) is 3.72. The third-order valence-corrected chi connectivity index (χ3v) is 5.50. The monoisotopic (exact) mass is 381 g/mol. The van der Waals surface area contributed by atoms with Gasteiger partial charge in [-0.2, -0.15) is 0 Å². The number of amides is 1. The highest BCUT2D eigenvalue weighted by Gasteiger charge is 2.22. The molecule has 3 rings (SSSR count). The molecule has 5 heteroatoms. The van der Waals surface area contributed by atoms with Crippen LogP contribution in [0.5, 0.6) is 5.75 Å². The maximum atomic E-state index is 12.5. The zero-order chi connectivity index (χ0) is 19.8. The zero-order valence-corrected chi connectivity index (χ0v) is 16.9. The standard InChI is InChI=1S/C23H31N3O2/c1-17(20-8-6-11-24-15-20)13-23(27)26-18(2)19-7-5-10-22(14-19)28-16-21-9-3-4-12-25-21/h3-5,7,9-10,12,14,17-18,20,24H,6,8,11,13,15-16H2,1-2H3,(H,26,27). The Kier molecular flexibility index (Phi) is 7.43. The molecule has 1 aromatic heterocycles. The molecule has 28 heavy (non-hydrogen) atoms. The highest BCUT2D eigenvalue weighted by atomic mass is 16.5. The molecule has 0 radical (unpaired) electrons. The molecule has 1 fully saturated rings. The van der Waals surface area contributed by atoms with Gasteiger partial charge in [0, 0.05) is 12.6 Å². The number of nitrogens with one attached hydrogen (secondary N) is 2. The smallest absolute Gasteiger partial charge is 0.220 e. The van der Waals surface area contributed by atoms with E-state index in [4.69, 9.17) is 4.74 Å². The van der Waals surface area contributed by atoms with Crippen LogP contribution in [-0.2, 0) is 11.4 Å². The van der Waals surface area contributed by atoms with Crippen molar-refractivity contribution in [2.24, 2.45) is 11.8 Å². The van der Waals surface area contributed by atoms with Crippen LogP contribution in [0.1, 0.15) is 50.4 Å². The second-order valence-corrected chi connectivity index (χ2v) is 7.76. The maximum absolute atomic E-state index is 12.5. The number of carbonyl (C=O) groups is 1. The van der Waals surface area contributed by atoms with Crippen molar-refractivity contribution in [3.63, 3.8) is 0 Å². The fourth-order valence-corrected chi connectivity index (χ4v) is 3.72. The van der Waals surface area contributed by atoms with E-state index in [1.165, 1.54) is 12.8 Å². The minimum Gasteiger partial charge on any atom is -0.487 e. The maximum Gasteiger partial charge on any atom is 0.220 e. The average Bonchev–Trinajstić information content (AvgIpc) is 2.73. The normalized spacial score (nSPS) is 18.9. The van der Waals surface area contributed by atoms with Gasteiger partial charge in [-0.15, -0.1) is 0 Å². The van der Waals surface area contributed by atoms with Crippen LogP contribution in [-0.4, -0.2) is 24.0 Å². The first-order valence-electron chi connectivity index (χ1n) is 10.2. The van der Waals surface area contributed by atoms with E-state index >= 15 is 0 Å². The van der Waals surface area contributed by atoms with Gasteiger partial charge < -0.3 is 15.4 Å². The minimum atomic E-state index is -0.0532. The van der Waals surface area contributed by atoms with E-state index in [2.05, 4.69) is 22.5 Å². The second kappa shape index (κ2) is 10.2. The Morgan fingerprint density at radius 1 is 1.29 bits per heavy atom. The molecule has 0 saturated carbocycles. The van der Waals surface area contributed by atoms with E-state index in [-0.39, 0.29) is 11.9 Å². The van der Waals surface area contributed by atoms with Gasteiger partial charge in [-0.25, -0.2) is 0 Å². The first-order chi connectivity index (χ1) is 13.6. The van der Waals surface area contributed by atoms with Gasteiger partial charge >= 0.3 is 0 Å². The Hall–Kier alpha value is -2.40. The summed E-state index contributed by atoms with van der Waals surface area (Å²) in [6, 6.07) is 13.6. The number of hydrogen-bond acceptors (Lipinski definition) is 4.